The van der Waals surface area contributed by atoms with E-state index in [4.69, 9.17) is 0 Å². The molecule has 5 rings (SSSR count). The molecule has 46 heavy (non-hydrogen) atoms. The van der Waals surface area contributed by atoms with Gasteiger partial charge in [-0.05, 0) is 66.3 Å². The molecule has 232 valence electrons. The third kappa shape index (κ3) is 9.16. The predicted octanol–water partition coefficient (Wildman–Crippen LogP) is 7.84. The fraction of sp³-hybridized carbons (Fsp3) is 0.114. The van der Waals surface area contributed by atoms with Crippen LogP contribution in [-0.2, 0) is 9.59 Å². The van der Waals surface area contributed by atoms with Gasteiger partial charge in [-0.1, -0.05) is 97.0 Å². The Labute approximate surface area is 280 Å². The highest BCUT2D eigenvalue weighted by molar-refractivity contribution is 8.00. The van der Waals surface area contributed by atoms with E-state index in [1.807, 2.05) is 86.6 Å². The van der Waals surface area contributed by atoms with Crippen LogP contribution in [0.3, 0.4) is 0 Å². The average Bonchev–Trinajstić information content (AvgIpc) is 3.51. The molecule has 0 radical (unpaired) electrons. The van der Waals surface area contributed by atoms with Crippen molar-refractivity contribution < 1.29 is 14.4 Å². The lowest BCUT2D eigenvalue weighted by Gasteiger charge is -2.16. The van der Waals surface area contributed by atoms with E-state index in [-0.39, 0.29) is 17.5 Å². The molecular formula is C35H31N5O3S3. The van der Waals surface area contributed by atoms with Gasteiger partial charge in [-0.25, -0.2) is 0 Å². The molecule has 8 nitrogen and oxygen atoms in total. The van der Waals surface area contributed by atoms with Crippen LogP contribution in [0, 0.1) is 6.92 Å². The molecule has 0 aliphatic rings. The minimum atomic E-state index is -0.551. The van der Waals surface area contributed by atoms with E-state index in [1.165, 1.54) is 23.5 Å². The topological polar surface area (TPSA) is 113 Å². The first-order valence-electron chi connectivity index (χ1n) is 14.4. The summed E-state index contributed by atoms with van der Waals surface area (Å²) in [6.45, 7) is 3.98. The Morgan fingerprint density at radius 1 is 0.870 bits per heavy atom. The number of carbonyl (C=O) groups excluding carboxylic acids is 3. The van der Waals surface area contributed by atoms with Crippen molar-refractivity contribution in [2.75, 3.05) is 16.4 Å². The molecule has 0 saturated heterocycles. The third-order valence-electron chi connectivity index (χ3n) is 6.50. The maximum atomic E-state index is 13.5. The number of thioether (sulfide) groups is 2. The zero-order valence-corrected chi connectivity index (χ0v) is 27.5. The molecule has 3 N–H and O–H groups in total. The second-order valence-corrected chi connectivity index (χ2v) is 13.1. The fourth-order valence-corrected chi connectivity index (χ4v) is 6.64. The largest absolute Gasteiger partial charge is 0.321 e. The van der Waals surface area contributed by atoms with Crippen molar-refractivity contribution >= 4 is 69.7 Å². The zero-order chi connectivity index (χ0) is 32.3. The molecule has 1 aromatic heterocycles. The molecule has 0 aliphatic heterocycles. The van der Waals surface area contributed by atoms with Crippen molar-refractivity contribution in [2.24, 2.45) is 0 Å². The lowest BCUT2D eigenvalue weighted by atomic mass is 10.1. The van der Waals surface area contributed by atoms with Crippen LogP contribution in [0.4, 0.5) is 10.8 Å². The number of nitrogens with zero attached hydrogens (tertiary/aromatic N) is 2. The van der Waals surface area contributed by atoms with Crippen molar-refractivity contribution in [1.29, 1.82) is 0 Å². The summed E-state index contributed by atoms with van der Waals surface area (Å²) in [5, 5.41) is 9.11. The molecule has 0 saturated carbocycles. The molecule has 4 aromatic carbocycles. The highest BCUT2D eigenvalue weighted by Gasteiger charge is 2.24. The van der Waals surface area contributed by atoms with Crippen LogP contribution in [0.15, 0.2) is 125 Å². The highest BCUT2D eigenvalue weighted by Crippen LogP contribution is 2.37. The quantitative estimate of drug-likeness (QED) is 0.0919. The Bertz CT molecular complexity index is 1830. The second-order valence-electron chi connectivity index (χ2n) is 9.98. The summed E-state index contributed by atoms with van der Waals surface area (Å²) in [6, 6.07) is 33.1. The van der Waals surface area contributed by atoms with Crippen molar-refractivity contribution in [3.63, 3.8) is 0 Å². The van der Waals surface area contributed by atoms with Gasteiger partial charge in [0.2, 0.25) is 16.2 Å². The first kappa shape index (κ1) is 32.7. The number of hydrogen-bond donors (Lipinski definition) is 3. The molecule has 5 aromatic rings. The monoisotopic (exact) mass is 665 g/mol. The lowest BCUT2D eigenvalue weighted by Crippen LogP contribution is -2.30. The van der Waals surface area contributed by atoms with Gasteiger partial charge in [0, 0.05) is 27.7 Å². The van der Waals surface area contributed by atoms with Crippen LogP contribution in [0.5, 0.6) is 0 Å². The van der Waals surface area contributed by atoms with Gasteiger partial charge in [-0.2, -0.15) is 9.36 Å². The first-order valence-corrected chi connectivity index (χ1v) is 17.1. The summed E-state index contributed by atoms with van der Waals surface area (Å²) in [5.74, 6) is -0.223. The Morgan fingerprint density at radius 3 is 2.28 bits per heavy atom. The summed E-state index contributed by atoms with van der Waals surface area (Å²) in [4.78, 5) is 45.1. The van der Waals surface area contributed by atoms with E-state index in [0.717, 1.165) is 38.9 Å². The van der Waals surface area contributed by atoms with Crippen LogP contribution in [0.1, 0.15) is 39.2 Å². The Kier molecular flexibility index (Phi) is 11.4. The van der Waals surface area contributed by atoms with E-state index in [2.05, 4.69) is 25.3 Å². The third-order valence-corrected chi connectivity index (χ3v) is 9.24. The van der Waals surface area contributed by atoms with E-state index in [9.17, 15) is 14.4 Å². The van der Waals surface area contributed by atoms with Crippen LogP contribution in [-0.4, -0.2) is 32.8 Å². The van der Waals surface area contributed by atoms with Gasteiger partial charge < -0.3 is 10.6 Å². The maximum absolute atomic E-state index is 13.5. The van der Waals surface area contributed by atoms with Gasteiger partial charge in [0.15, 0.2) is 0 Å². The summed E-state index contributed by atoms with van der Waals surface area (Å²) in [7, 11) is 0. The van der Waals surface area contributed by atoms with E-state index < -0.39 is 11.2 Å². The fourth-order valence-electron chi connectivity index (χ4n) is 4.34. The number of anilines is 2. The normalized spacial score (nSPS) is 11.8. The number of aromatic nitrogens is 2. The Balaban J connectivity index is 1.31. The van der Waals surface area contributed by atoms with Gasteiger partial charge in [0.05, 0.1) is 0 Å². The van der Waals surface area contributed by atoms with Crippen molar-refractivity contribution in [1.82, 2.24) is 14.7 Å². The molecule has 0 spiro atoms. The average molecular weight is 666 g/mol. The zero-order valence-electron chi connectivity index (χ0n) is 25.1. The molecule has 0 aliphatic carbocycles. The Hall–Kier alpha value is -4.71. The molecule has 1 atom stereocenters. The van der Waals surface area contributed by atoms with Crippen LogP contribution in [0.25, 0.3) is 6.08 Å². The number of hydrogen-bond acceptors (Lipinski definition) is 8. The van der Waals surface area contributed by atoms with Crippen molar-refractivity contribution in [2.45, 2.75) is 29.1 Å². The van der Waals surface area contributed by atoms with Crippen molar-refractivity contribution in [3.05, 3.63) is 137 Å². The maximum Gasteiger partial charge on any atom is 0.272 e. The van der Waals surface area contributed by atoms with Gasteiger partial charge >= 0.3 is 0 Å². The first-order chi connectivity index (χ1) is 22.4. The number of benzene rings is 4. The van der Waals surface area contributed by atoms with E-state index in [1.54, 1.807) is 42.5 Å². The molecule has 0 bridgehead atoms. The van der Waals surface area contributed by atoms with Crippen LogP contribution < -0.4 is 16.0 Å². The van der Waals surface area contributed by atoms with Gasteiger partial charge in [-0.3, -0.25) is 19.7 Å². The van der Waals surface area contributed by atoms with Crippen molar-refractivity contribution in [3.8, 4) is 0 Å². The van der Waals surface area contributed by atoms with Gasteiger partial charge in [0.1, 0.15) is 10.9 Å². The molecule has 1 unspecified atom stereocenters. The van der Waals surface area contributed by atoms with Gasteiger partial charge in [0.25, 0.3) is 11.8 Å². The minimum absolute atomic E-state index is 0.107. The summed E-state index contributed by atoms with van der Waals surface area (Å²) >= 11 is 4.06. The summed E-state index contributed by atoms with van der Waals surface area (Å²) in [6.07, 6.45) is 1.65. The van der Waals surface area contributed by atoms with Gasteiger partial charge in [-0.15, -0.1) is 11.8 Å². The second kappa shape index (κ2) is 16.0. The standard InChI is InChI=1S/C35H31N5O3S3/c1-3-44-35-39-34(46-40-35)38-33(43)30(25-13-6-4-7-14-25)45-28-19-17-27(18-20-28)36-32(42)29(22-24-12-10-11-23(2)21-24)37-31(41)26-15-8-5-9-16-26/h4-22,30H,3H2,1-2H3,(H,36,42)(H,37,41)(H,38,39,40,43)/b29-22-. The lowest BCUT2D eigenvalue weighted by molar-refractivity contribution is -0.116. The molecule has 11 heteroatoms. The number of carbonyl (C=O) groups is 3. The predicted molar refractivity (Wildman–Crippen MR) is 188 cm³/mol. The molecular weight excluding hydrogens is 635 g/mol. The Morgan fingerprint density at radius 2 is 1.59 bits per heavy atom. The van der Waals surface area contributed by atoms with E-state index >= 15 is 0 Å². The summed E-state index contributed by atoms with van der Waals surface area (Å²) in [5.41, 5.74) is 3.74. The number of nitrogens with one attached hydrogen (secondary N) is 3. The smallest absolute Gasteiger partial charge is 0.272 e. The summed E-state index contributed by atoms with van der Waals surface area (Å²) < 4.78 is 4.29. The highest BCUT2D eigenvalue weighted by atomic mass is 32.2. The number of amides is 3. The molecule has 1 heterocycles. The van der Waals surface area contributed by atoms with E-state index in [0.29, 0.717) is 21.5 Å². The van der Waals surface area contributed by atoms with Crippen LogP contribution in [0.2, 0.25) is 0 Å². The molecule has 0 fully saturated rings. The van der Waals surface area contributed by atoms with Crippen LogP contribution >= 0.6 is 35.1 Å². The SMILES string of the molecule is CCSc1nsc(NC(=O)C(Sc2ccc(NC(=O)/C(=C/c3cccc(C)c3)NC(=O)c3ccccc3)cc2)c2ccccc2)n1. The number of aryl methyl sites for hydroxylation is 1. The number of rotatable bonds is 12. The minimum Gasteiger partial charge on any atom is -0.321 e. The molecule has 3 amide bonds.